The van der Waals surface area contributed by atoms with Crippen LogP contribution in [0.3, 0.4) is 0 Å². The SMILES string of the molecule is CN(CCO)S(=O)(=O)c1ccc(Br)cc1N. The van der Waals surface area contributed by atoms with Crippen molar-refractivity contribution in [1.29, 1.82) is 0 Å². The van der Waals surface area contributed by atoms with E-state index in [1.165, 1.54) is 19.2 Å². The molecule has 3 N–H and O–H groups in total. The second-order valence-electron chi connectivity index (χ2n) is 3.23. The van der Waals surface area contributed by atoms with Crippen molar-refractivity contribution >= 4 is 31.6 Å². The third-order valence-electron chi connectivity index (χ3n) is 2.07. The number of nitrogen functional groups attached to an aromatic ring is 1. The Balaban J connectivity index is 3.17. The molecule has 16 heavy (non-hydrogen) atoms. The largest absolute Gasteiger partial charge is 0.398 e. The number of aliphatic hydroxyl groups is 1. The quantitative estimate of drug-likeness (QED) is 0.800. The lowest BCUT2D eigenvalue weighted by Crippen LogP contribution is -2.30. The maximum Gasteiger partial charge on any atom is 0.244 e. The number of nitrogens with two attached hydrogens (primary N) is 1. The van der Waals surface area contributed by atoms with Gasteiger partial charge in [0.25, 0.3) is 0 Å². The second-order valence-corrected chi connectivity index (χ2v) is 6.16. The number of sulfonamides is 1. The van der Waals surface area contributed by atoms with Crippen LogP contribution in [0.2, 0.25) is 0 Å². The van der Waals surface area contributed by atoms with Gasteiger partial charge in [0, 0.05) is 18.1 Å². The van der Waals surface area contributed by atoms with E-state index in [2.05, 4.69) is 15.9 Å². The molecule has 0 radical (unpaired) electrons. The molecule has 1 rings (SSSR count). The van der Waals surface area contributed by atoms with E-state index in [0.29, 0.717) is 4.47 Å². The van der Waals surface area contributed by atoms with E-state index in [-0.39, 0.29) is 23.7 Å². The zero-order valence-electron chi connectivity index (χ0n) is 8.72. The van der Waals surface area contributed by atoms with Crippen LogP contribution in [-0.4, -0.2) is 38.0 Å². The standard InChI is InChI=1S/C9H13BrN2O3S/c1-12(4-5-13)16(14,15)9-3-2-7(10)6-8(9)11/h2-3,6,13H,4-5,11H2,1H3. The van der Waals surface area contributed by atoms with Crippen molar-refractivity contribution < 1.29 is 13.5 Å². The molecule has 1 aromatic carbocycles. The number of halogens is 1. The number of hydrogen-bond acceptors (Lipinski definition) is 4. The Hall–Kier alpha value is -0.630. The normalized spacial score (nSPS) is 12.0. The highest BCUT2D eigenvalue weighted by molar-refractivity contribution is 9.10. The molecule has 0 spiro atoms. The summed E-state index contributed by atoms with van der Waals surface area (Å²) in [5.74, 6) is 0. The van der Waals surface area contributed by atoms with Crippen LogP contribution < -0.4 is 5.73 Å². The molecular formula is C9H13BrN2O3S. The topological polar surface area (TPSA) is 83.6 Å². The molecule has 90 valence electrons. The summed E-state index contributed by atoms with van der Waals surface area (Å²) >= 11 is 3.20. The van der Waals surface area contributed by atoms with Gasteiger partial charge in [0.05, 0.1) is 12.3 Å². The van der Waals surface area contributed by atoms with Gasteiger partial charge in [-0.25, -0.2) is 8.42 Å². The molecule has 0 aliphatic carbocycles. The summed E-state index contributed by atoms with van der Waals surface area (Å²) in [6, 6.07) is 4.57. The van der Waals surface area contributed by atoms with Gasteiger partial charge in [-0.05, 0) is 18.2 Å². The van der Waals surface area contributed by atoms with E-state index in [9.17, 15) is 8.42 Å². The molecule has 0 aliphatic rings. The number of benzene rings is 1. The fourth-order valence-corrected chi connectivity index (χ4v) is 2.82. The average Bonchev–Trinajstić information content (AvgIpc) is 2.17. The second kappa shape index (κ2) is 5.13. The first-order valence-corrected chi connectivity index (χ1v) is 6.75. The Labute approximate surface area is 103 Å². The van der Waals surface area contributed by atoms with Crippen molar-refractivity contribution in [2.75, 3.05) is 25.9 Å². The molecule has 0 amide bonds. The fraction of sp³-hybridized carbons (Fsp3) is 0.333. The zero-order valence-corrected chi connectivity index (χ0v) is 11.1. The summed E-state index contributed by atoms with van der Waals surface area (Å²) in [6.45, 7) is -0.190. The summed E-state index contributed by atoms with van der Waals surface area (Å²) in [6.07, 6.45) is 0. The lowest BCUT2D eigenvalue weighted by molar-refractivity contribution is 0.266. The molecule has 5 nitrogen and oxygen atoms in total. The van der Waals surface area contributed by atoms with Gasteiger partial charge in [0.2, 0.25) is 10.0 Å². The van der Waals surface area contributed by atoms with Crippen LogP contribution in [0, 0.1) is 0 Å². The van der Waals surface area contributed by atoms with Gasteiger partial charge < -0.3 is 10.8 Å². The number of aliphatic hydroxyl groups excluding tert-OH is 1. The van der Waals surface area contributed by atoms with Crippen LogP contribution in [-0.2, 0) is 10.0 Å². The first-order valence-electron chi connectivity index (χ1n) is 4.52. The molecule has 0 saturated heterocycles. The maximum atomic E-state index is 12.0. The Kier molecular flexibility index (Phi) is 4.31. The van der Waals surface area contributed by atoms with Gasteiger partial charge in [-0.1, -0.05) is 15.9 Å². The van der Waals surface area contributed by atoms with Crippen molar-refractivity contribution in [3.63, 3.8) is 0 Å². The van der Waals surface area contributed by atoms with Crippen molar-refractivity contribution in [3.8, 4) is 0 Å². The minimum atomic E-state index is -3.62. The van der Waals surface area contributed by atoms with E-state index < -0.39 is 10.0 Å². The zero-order chi connectivity index (χ0) is 12.3. The molecule has 0 unspecified atom stereocenters. The molecule has 0 fully saturated rings. The molecule has 0 heterocycles. The van der Waals surface area contributed by atoms with E-state index in [4.69, 9.17) is 10.8 Å². The monoisotopic (exact) mass is 308 g/mol. The Morgan fingerprint density at radius 3 is 2.62 bits per heavy atom. The van der Waals surface area contributed by atoms with Crippen LogP contribution in [0.25, 0.3) is 0 Å². The van der Waals surface area contributed by atoms with Crippen molar-refractivity contribution in [3.05, 3.63) is 22.7 Å². The van der Waals surface area contributed by atoms with Crippen LogP contribution in [0.15, 0.2) is 27.6 Å². The molecule has 0 aliphatic heterocycles. The van der Waals surface area contributed by atoms with Crippen molar-refractivity contribution in [1.82, 2.24) is 4.31 Å². The lowest BCUT2D eigenvalue weighted by atomic mass is 10.3. The molecule has 0 bridgehead atoms. The van der Waals surface area contributed by atoms with Gasteiger partial charge >= 0.3 is 0 Å². The average molecular weight is 309 g/mol. The first-order chi connectivity index (χ1) is 7.39. The van der Waals surface area contributed by atoms with Crippen molar-refractivity contribution in [2.45, 2.75) is 4.90 Å². The maximum absolute atomic E-state index is 12.0. The minimum absolute atomic E-state index is 0.0395. The summed E-state index contributed by atoms with van der Waals surface area (Å²) in [7, 11) is -2.23. The molecular weight excluding hydrogens is 296 g/mol. The molecule has 0 saturated carbocycles. The lowest BCUT2D eigenvalue weighted by Gasteiger charge is -2.17. The Bertz CT molecular complexity index is 476. The molecule has 1 aromatic rings. The van der Waals surface area contributed by atoms with Crippen molar-refractivity contribution in [2.24, 2.45) is 0 Å². The Morgan fingerprint density at radius 1 is 1.50 bits per heavy atom. The van der Waals surface area contributed by atoms with Crippen LogP contribution in [0.5, 0.6) is 0 Å². The van der Waals surface area contributed by atoms with E-state index in [1.54, 1.807) is 6.07 Å². The first kappa shape index (κ1) is 13.4. The summed E-state index contributed by atoms with van der Waals surface area (Å²) in [5.41, 5.74) is 5.82. The van der Waals surface area contributed by atoms with Crippen LogP contribution in [0.1, 0.15) is 0 Å². The summed E-state index contributed by atoms with van der Waals surface area (Å²) in [4.78, 5) is 0.0478. The predicted molar refractivity (Wildman–Crippen MR) is 65.5 cm³/mol. The van der Waals surface area contributed by atoms with Crippen LogP contribution >= 0.6 is 15.9 Å². The minimum Gasteiger partial charge on any atom is -0.398 e. The van der Waals surface area contributed by atoms with Crippen LogP contribution in [0.4, 0.5) is 5.69 Å². The van der Waals surface area contributed by atoms with Gasteiger partial charge in [0.1, 0.15) is 4.90 Å². The summed E-state index contributed by atoms with van der Waals surface area (Å²) < 4.78 is 25.7. The van der Waals surface area contributed by atoms with Gasteiger partial charge in [0.15, 0.2) is 0 Å². The van der Waals surface area contributed by atoms with E-state index in [0.717, 1.165) is 4.31 Å². The highest BCUT2D eigenvalue weighted by atomic mass is 79.9. The smallest absolute Gasteiger partial charge is 0.244 e. The highest BCUT2D eigenvalue weighted by Gasteiger charge is 2.22. The van der Waals surface area contributed by atoms with Gasteiger partial charge in [-0.3, -0.25) is 0 Å². The number of rotatable bonds is 4. The third-order valence-corrected chi connectivity index (χ3v) is 4.50. The fourth-order valence-electron chi connectivity index (χ4n) is 1.18. The molecule has 0 aromatic heterocycles. The number of nitrogens with zero attached hydrogens (tertiary/aromatic N) is 1. The van der Waals surface area contributed by atoms with E-state index >= 15 is 0 Å². The Morgan fingerprint density at radius 2 is 2.12 bits per heavy atom. The highest BCUT2D eigenvalue weighted by Crippen LogP contribution is 2.24. The number of hydrogen-bond donors (Lipinski definition) is 2. The molecule has 7 heteroatoms. The molecule has 0 atom stereocenters. The number of anilines is 1. The predicted octanol–water partition coefficient (Wildman–Crippen LogP) is 0.644. The van der Waals surface area contributed by atoms with E-state index in [1.807, 2.05) is 0 Å². The number of likely N-dealkylation sites (N-methyl/N-ethyl adjacent to an activating group) is 1. The third kappa shape index (κ3) is 2.73. The van der Waals surface area contributed by atoms with Gasteiger partial charge in [-0.15, -0.1) is 0 Å². The summed E-state index contributed by atoms with van der Waals surface area (Å²) in [5, 5.41) is 8.72. The van der Waals surface area contributed by atoms with Gasteiger partial charge in [-0.2, -0.15) is 4.31 Å².